The Labute approximate surface area is 887 Å². The molecule has 3 aliphatic rings. The van der Waals surface area contributed by atoms with Crippen molar-refractivity contribution in [2.75, 3.05) is 52.6 Å². The first kappa shape index (κ1) is 119. The van der Waals surface area contributed by atoms with Crippen LogP contribution in [0.1, 0.15) is 104 Å². The molecule has 22 nitrogen and oxygen atoms in total. The van der Waals surface area contributed by atoms with E-state index in [2.05, 4.69) is 42.9 Å². The van der Waals surface area contributed by atoms with Gasteiger partial charge >= 0.3 is 17.9 Å². The second-order valence-electron chi connectivity index (χ2n) is 35.6. The van der Waals surface area contributed by atoms with Gasteiger partial charge in [0.05, 0.1) is 57.8 Å². The van der Waals surface area contributed by atoms with Crippen LogP contribution >= 0.6 is 71.4 Å². The van der Waals surface area contributed by atoms with E-state index >= 15 is 0 Å². The number of phenolic OH excluding ortho intramolecular Hbond substituents is 2. The molecule has 0 saturated carbocycles. The molecule has 3 atom stereocenters. The molecule has 3 saturated heterocycles. The lowest BCUT2D eigenvalue weighted by Gasteiger charge is -2.19. The van der Waals surface area contributed by atoms with Crippen molar-refractivity contribution >= 4 is 125 Å². The molecular formula is C113H125ClN2O20S9. The SMILES string of the molecule is C=CCSc1ccc(O)cc1.C=CCSc1ccc(Oc2ccc(CCC(=O)OC(C)(C)C)cc2)cc1.CC(C)(C)OC(=O)CCc1ccc(Oc2ccc(S(=O)(=O)CC3CO3)cc2)cc1.CC(C)(C)OC(=O)CCc1ccc(Oc2ccc(S(=O)(=O)CC3CS3)cc2)cc1.Oc1ccc(S)cc1.[C-]#[N+]c1ccc(Oc2ccc(SCC=C)cc2)cc1.[Cl-].[NH3+]Cc1ccc(Oc2ccc(S(=O)(=O)CC3CS3)cc2)cc1. The maximum Gasteiger partial charge on any atom is 0.306 e. The maximum absolute atomic E-state index is 12.3. The highest BCUT2D eigenvalue weighted by atomic mass is 35.5. The number of thioether (sulfide) groups is 5. The Kier molecular flexibility index (Phi) is 48.6. The van der Waals surface area contributed by atoms with Crippen molar-refractivity contribution in [2.45, 2.75) is 175 Å². The van der Waals surface area contributed by atoms with E-state index in [4.69, 9.17) is 59.4 Å². The van der Waals surface area contributed by atoms with Crippen molar-refractivity contribution in [3.63, 3.8) is 0 Å². The molecule has 768 valence electrons. The first-order chi connectivity index (χ1) is 68.6. The standard InChI is InChI=1S/C22H26O6S.C22H26O5S2.C22H26O3S.C16H17NO3S2.C16H13NOS.C9H10OS.C6H6OS.ClH/c1-22(2,3)28-21(23)13-6-16-4-7-17(8-5-16)27-18-9-11-20(12-10-18)29(24,25)15-19-14-26-19;1-22(2,3)27-21(23)13-6-16-4-7-17(8-5-16)26-18-9-11-20(12-10-18)29(24,25)15-19-14-28-19;1-5-16-26-20-13-11-19(12-14-20)24-18-9-6-17(7-10-18)8-15-21(23)25-22(2,3)4;17-9-12-1-3-13(4-2-12)20-14-5-7-16(8-6-14)22(18,19)11-15-10-21-15;1-3-12-19-16-10-8-15(9-11-16)18-14-6-4-13(17-2)5-7-14;1-2-7-11-9-5-3-8(10)4-6-9;7-5-1-3-6(8)4-2-5;/h2*4-5,7-12,19H,6,13-15H2,1-3H3;5-7,9-14H,1,8,15-16H2,2-4H3;1-8,15H,9-11,17H2;3-11H,1,12H2;2-6,10H,1,7H2;1-4,7-8H;1H. The summed E-state index contributed by atoms with van der Waals surface area (Å²) in [6, 6.07) is 86.8. The van der Waals surface area contributed by atoms with Crippen LogP contribution in [0, 0.1) is 6.57 Å². The predicted octanol–water partition coefficient (Wildman–Crippen LogP) is 23.4. The largest absolute Gasteiger partial charge is 1.00 e. The molecule has 0 aliphatic carbocycles. The number of sulfone groups is 3. The number of quaternary nitrogens is 1. The van der Waals surface area contributed by atoms with Gasteiger partial charge in [-0.1, -0.05) is 66.8 Å². The minimum Gasteiger partial charge on any atom is -1.00 e. The van der Waals surface area contributed by atoms with Crippen LogP contribution in [0.25, 0.3) is 4.85 Å². The molecule has 0 aromatic heterocycles. The zero-order valence-corrected chi connectivity index (χ0v) is 90.8. The molecule has 3 fully saturated rings. The average Bonchev–Trinajstić information content (AvgIpc) is 1.75. The van der Waals surface area contributed by atoms with Gasteiger partial charge in [-0.15, -0.1) is 67.7 Å². The monoisotopic (exact) mass is 2150 g/mol. The van der Waals surface area contributed by atoms with Gasteiger partial charge in [-0.05, 0) is 341 Å². The predicted molar refractivity (Wildman–Crippen MR) is 585 cm³/mol. The lowest BCUT2D eigenvalue weighted by Crippen LogP contribution is -3.00. The summed E-state index contributed by atoms with van der Waals surface area (Å²) in [5.41, 5.74) is 7.31. The van der Waals surface area contributed by atoms with E-state index in [1.807, 2.05) is 238 Å². The van der Waals surface area contributed by atoms with Gasteiger partial charge in [0.2, 0.25) is 0 Å². The highest BCUT2D eigenvalue weighted by molar-refractivity contribution is 8.08. The number of rotatable bonds is 38. The summed E-state index contributed by atoms with van der Waals surface area (Å²) in [5.74, 6) is 11.9. The van der Waals surface area contributed by atoms with Crippen LogP contribution in [0.3, 0.4) is 0 Å². The number of epoxide rings is 1. The van der Waals surface area contributed by atoms with E-state index in [0.29, 0.717) is 95.1 Å². The fourth-order valence-electron chi connectivity index (χ4n) is 12.4. The van der Waals surface area contributed by atoms with Gasteiger partial charge < -0.3 is 71.0 Å². The Bertz CT molecular complexity index is 6260. The summed E-state index contributed by atoms with van der Waals surface area (Å²) in [6.07, 6.45) is 8.32. The average molecular weight is 2160 g/mol. The van der Waals surface area contributed by atoms with Crippen LogP contribution in [-0.4, -0.2) is 139 Å². The Balaban J connectivity index is 0.000000212. The van der Waals surface area contributed by atoms with Crippen LogP contribution in [-0.2, 0) is 88.7 Å². The molecular weight excluding hydrogens is 2030 g/mol. The Morgan fingerprint density at radius 1 is 0.393 bits per heavy atom. The molecule has 0 bridgehead atoms. The minimum absolute atomic E-state index is 0. The molecule has 0 spiro atoms. The molecule has 0 amide bonds. The highest BCUT2D eigenvalue weighted by Gasteiger charge is 2.33. The van der Waals surface area contributed by atoms with Gasteiger partial charge in [0.15, 0.2) is 35.2 Å². The first-order valence-corrected chi connectivity index (χ1v) is 56.7. The molecule has 0 radical (unpaired) electrons. The van der Waals surface area contributed by atoms with Crippen molar-refractivity contribution in [1.29, 1.82) is 0 Å². The summed E-state index contributed by atoms with van der Waals surface area (Å²) >= 11 is 12.6. The summed E-state index contributed by atoms with van der Waals surface area (Å²) < 4.78 is 123. The van der Waals surface area contributed by atoms with Gasteiger partial charge in [-0.25, -0.2) is 30.1 Å². The van der Waals surface area contributed by atoms with E-state index in [1.165, 1.54) is 9.79 Å². The van der Waals surface area contributed by atoms with E-state index in [9.17, 15) is 39.6 Å². The van der Waals surface area contributed by atoms with Crippen LogP contribution in [0.15, 0.2) is 363 Å². The molecule has 12 aromatic carbocycles. The number of phenols is 2. The fourth-order valence-corrected chi connectivity index (χ4v) is 21.3. The van der Waals surface area contributed by atoms with Gasteiger partial charge in [0.25, 0.3) is 0 Å². The number of aryl methyl sites for hydroxylation is 3. The van der Waals surface area contributed by atoms with E-state index in [0.717, 1.165) is 96.1 Å². The number of benzene rings is 12. The number of hydrogen-bond donors (Lipinski definition) is 4. The smallest absolute Gasteiger partial charge is 0.306 e. The molecule has 3 heterocycles. The molecule has 12 aromatic rings. The topological polar surface area (TPSA) is 312 Å². The summed E-state index contributed by atoms with van der Waals surface area (Å²) in [6.45, 7) is 35.9. The molecule has 3 unspecified atom stereocenters. The van der Waals surface area contributed by atoms with Crippen molar-refractivity contribution < 1.29 is 111 Å². The summed E-state index contributed by atoms with van der Waals surface area (Å²) in [5, 5.41) is 18.2. The van der Waals surface area contributed by atoms with Gasteiger partial charge in [0, 0.05) is 83.7 Å². The van der Waals surface area contributed by atoms with Crippen molar-refractivity contribution in [3.8, 4) is 69.0 Å². The lowest BCUT2D eigenvalue weighted by atomic mass is 10.1. The van der Waals surface area contributed by atoms with Crippen LogP contribution in [0.5, 0.6) is 69.0 Å². The number of aromatic hydroxyl groups is 2. The van der Waals surface area contributed by atoms with Crippen molar-refractivity contribution in [2.24, 2.45) is 0 Å². The van der Waals surface area contributed by atoms with E-state index in [1.54, 1.807) is 192 Å². The quantitative estimate of drug-likeness (QED) is 0.00531. The summed E-state index contributed by atoms with van der Waals surface area (Å²) in [7, 11) is -9.75. The van der Waals surface area contributed by atoms with Crippen LogP contribution < -0.4 is 41.8 Å². The minimum atomic E-state index is -3.34. The first-order valence-electron chi connectivity index (χ1n) is 46.3. The lowest BCUT2D eigenvalue weighted by molar-refractivity contribution is -0.386. The van der Waals surface area contributed by atoms with Gasteiger partial charge in [0.1, 0.15) is 85.8 Å². The van der Waals surface area contributed by atoms with E-state index in [-0.39, 0.29) is 74.8 Å². The zero-order valence-electron chi connectivity index (χ0n) is 82.6. The molecule has 3 aliphatic heterocycles. The van der Waals surface area contributed by atoms with Crippen molar-refractivity contribution in [1.82, 2.24) is 0 Å². The summed E-state index contributed by atoms with van der Waals surface area (Å²) in [4.78, 5) is 44.1. The molecule has 32 heteroatoms. The Hall–Kier alpha value is -11.5. The normalized spacial score (nSPS) is 13.6. The van der Waals surface area contributed by atoms with Crippen LogP contribution in [0.4, 0.5) is 5.69 Å². The Morgan fingerprint density at radius 3 is 0.848 bits per heavy atom. The van der Waals surface area contributed by atoms with Crippen LogP contribution in [0.2, 0.25) is 0 Å². The highest BCUT2D eigenvalue weighted by Crippen LogP contribution is 2.37. The number of hydrogen-bond acceptors (Lipinski definition) is 26. The third kappa shape index (κ3) is 48.2. The van der Waals surface area contributed by atoms with Crippen molar-refractivity contribution in [3.05, 3.63) is 363 Å². The number of thiol groups is 1. The fraction of sp³-hybridized carbons (Fsp3) is 0.274. The van der Waals surface area contributed by atoms with Gasteiger partial charge in [-0.3, -0.25) is 14.4 Å². The number of nitrogens with zero attached hydrogens (tertiary/aromatic N) is 1. The number of carbonyl (C=O) groups is 3. The van der Waals surface area contributed by atoms with E-state index < -0.39 is 46.3 Å². The number of halogens is 1. The van der Waals surface area contributed by atoms with Gasteiger partial charge in [-0.2, -0.15) is 23.5 Å². The molecule has 15 rings (SSSR count). The second kappa shape index (κ2) is 59.4. The number of carbonyl (C=O) groups excluding carboxylic acids is 3. The maximum atomic E-state index is 12.3. The molecule has 5 N–H and O–H groups in total. The molecule has 145 heavy (non-hydrogen) atoms. The third-order valence-corrected chi connectivity index (χ3v) is 30.8. The Morgan fingerprint density at radius 2 is 0.621 bits per heavy atom. The second-order valence-corrected chi connectivity index (χ2v) is 48.1. The zero-order chi connectivity index (χ0) is 104. The third-order valence-electron chi connectivity index (χ3n) is 19.6. The number of ether oxygens (including phenoxy) is 9. The number of esters is 3.